The zero-order valence-corrected chi connectivity index (χ0v) is 13.4. The Bertz CT molecular complexity index is 728. The number of anilines is 1. The molecule has 5 nitrogen and oxygen atoms in total. The monoisotopic (exact) mass is 331 g/mol. The van der Waals surface area contributed by atoms with Crippen LogP contribution in [0.5, 0.6) is 0 Å². The molecule has 2 aromatic rings. The van der Waals surface area contributed by atoms with E-state index < -0.39 is 10.0 Å². The molecule has 2 N–H and O–H groups in total. The van der Waals surface area contributed by atoms with Crippen molar-refractivity contribution in [2.45, 2.75) is 18.4 Å². The molecule has 0 radical (unpaired) electrons. The molecule has 0 bridgehead atoms. The summed E-state index contributed by atoms with van der Waals surface area (Å²) < 4.78 is 26.2. The SMILES string of the molecule is Cc1ncc(CN(C)S(=O)(=O)c2ccc(Cl)cc2N)s1. The Kier molecular flexibility index (Phi) is 4.33. The summed E-state index contributed by atoms with van der Waals surface area (Å²) in [7, 11) is -2.13. The van der Waals surface area contributed by atoms with Gasteiger partial charge in [-0.25, -0.2) is 13.4 Å². The van der Waals surface area contributed by atoms with Gasteiger partial charge < -0.3 is 5.73 Å². The van der Waals surface area contributed by atoms with Crippen LogP contribution in [0.1, 0.15) is 9.88 Å². The lowest BCUT2D eigenvalue weighted by molar-refractivity contribution is 0.470. The molecule has 0 aliphatic heterocycles. The highest BCUT2D eigenvalue weighted by Gasteiger charge is 2.24. The van der Waals surface area contributed by atoms with Crippen molar-refractivity contribution in [3.8, 4) is 0 Å². The summed E-state index contributed by atoms with van der Waals surface area (Å²) in [5.74, 6) is 0. The molecule has 0 atom stereocenters. The van der Waals surface area contributed by atoms with Crippen LogP contribution in [-0.2, 0) is 16.6 Å². The number of aryl methyl sites for hydroxylation is 1. The molecule has 1 aromatic carbocycles. The molecule has 8 heteroatoms. The highest BCUT2D eigenvalue weighted by molar-refractivity contribution is 7.89. The molecule has 20 heavy (non-hydrogen) atoms. The van der Waals surface area contributed by atoms with Crippen molar-refractivity contribution in [1.29, 1.82) is 0 Å². The van der Waals surface area contributed by atoms with E-state index in [1.807, 2.05) is 6.92 Å². The maximum atomic E-state index is 12.5. The van der Waals surface area contributed by atoms with Crippen LogP contribution in [-0.4, -0.2) is 24.8 Å². The summed E-state index contributed by atoms with van der Waals surface area (Å²) in [5.41, 5.74) is 5.89. The first kappa shape index (κ1) is 15.2. The smallest absolute Gasteiger partial charge is 0.245 e. The van der Waals surface area contributed by atoms with Crippen LogP contribution in [0.4, 0.5) is 5.69 Å². The van der Waals surface area contributed by atoms with Gasteiger partial charge in [-0.3, -0.25) is 0 Å². The number of nitrogens with two attached hydrogens (primary N) is 1. The Morgan fingerprint density at radius 3 is 2.70 bits per heavy atom. The number of nitrogen functional groups attached to an aromatic ring is 1. The zero-order chi connectivity index (χ0) is 14.9. The Hall–Kier alpha value is -1.15. The average molecular weight is 332 g/mol. The number of hydrogen-bond donors (Lipinski definition) is 1. The van der Waals surface area contributed by atoms with Gasteiger partial charge in [0.05, 0.1) is 10.7 Å². The molecule has 1 aromatic heterocycles. The predicted octanol–water partition coefficient (Wildman–Crippen LogP) is 2.51. The van der Waals surface area contributed by atoms with Gasteiger partial charge >= 0.3 is 0 Å². The first-order valence-corrected chi connectivity index (χ1v) is 8.37. The minimum Gasteiger partial charge on any atom is -0.398 e. The minimum absolute atomic E-state index is 0.0608. The number of aromatic nitrogens is 1. The number of rotatable bonds is 4. The number of halogens is 1. The highest BCUT2D eigenvalue weighted by Crippen LogP contribution is 2.26. The van der Waals surface area contributed by atoms with Crippen LogP contribution in [0.25, 0.3) is 0 Å². The van der Waals surface area contributed by atoms with Crippen molar-refractivity contribution in [1.82, 2.24) is 9.29 Å². The van der Waals surface area contributed by atoms with Crippen molar-refractivity contribution in [3.05, 3.63) is 39.3 Å². The third-order valence-corrected chi connectivity index (χ3v) is 5.72. The number of sulfonamides is 1. The van der Waals surface area contributed by atoms with Gasteiger partial charge in [-0.05, 0) is 25.1 Å². The molecule has 0 fully saturated rings. The van der Waals surface area contributed by atoms with E-state index in [-0.39, 0.29) is 17.1 Å². The van der Waals surface area contributed by atoms with E-state index in [9.17, 15) is 8.42 Å². The molecule has 1 heterocycles. The first-order chi connectivity index (χ1) is 9.30. The molecule has 0 spiro atoms. The third-order valence-electron chi connectivity index (χ3n) is 2.71. The lowest BCUT2D eigenvalue weighted by Gasteiger charge is -2.17. The molecule has 0 aliphatic rings. The van der Waals surface area contributed by atoms with E-state index >= 15 is 0 Å². The lowest BCUT2D eigenvalue weighted by Crippen LogP contribution is -2.26. The van der Waals surface area contributed by atoms with Crippen LogP contribution in [0.2, 0.25) is 5.02 Å². The molecule has 0 saturated carbocycles. The zero-order valence-electron chi connectivity index (χ0n) is 11.0. The molecule has 0 saturated heterocycles. The summed E-state index contributed by atoms with van der Waals surface area (Å²) in [6.07, 6.45) is 1.68. The van der Waals surface area contributed by atoms with Gasteiger partial charge in [-0.2, -0.15) is 4.31 Å². The highest BCUT2D eigenvalue weighted by atomic mass is 35.5. The van der Waals surface area contributed by atoms with E-state index in [2.05, 4.69) is 4.98 Å². The average Bonchev–Trinajstić information content (AvgIpc) is 2.74. The topological polar surface area (TPSA) is 76.3 Å². The van der Waals surface area contributed by atoms with E-state index in [4.69, 9.17) is 17.3 Å². The van der Waals surface area contributed by atoms with Crippen molar-refractivity contribution < 1.29 is 8.42 Å². The van der Waals surface area contributed by atoms with E-state index in [1.54, 1.807) is 6.20 Å². The largest absolute Gasteiger partial charge is 0.398 e. The normalized spacial score (nSPS) is 12.0. The lowest BCUT2D eigenvalue weighted by atomic mass is 10.3. The van der Waals surface area contributed by atoms with E-state index in [0.29, 0.717) is 5.02 Å². The molecule has 0 unspecified atom stereocenters. The Balaban J connectivity index is 2.29. The van der Waals surface area contributed by atoms with Crippen LogP contribution >= 0.6 is 22.9 Å². The second-order valence-electron chi connectivity index (χ2n) is 4.29. The quantitative estimate of drug-likeness (QED) is 0.873. The predicted molar refractivity (Wildman–Crippen MR) is 81.4 cm³/mol. The Morgan fingerprint density at radius 1 is 1.45 bits per heavy atom. The van der Waals surface area contributed by atoms with E-state index in [0.717, 1.165) is 9.88 Å². The van der Waals surface area contributed by atoms with Gasteiger partial charge in [0.25, 0.3) is 0 Å². The van der Waals surface area contributed by atoms with Gasteiger partial charge in [0, 0.05) is 29.7 Å². The third kappa shape index (κ3) is 3.12. The summed E-state index contributed by atoms with van der Waals surface area (Å²) in [6.45, 7) is 2.13. The van der Waals surface area contributed by atoms with Crippen molar-refractivity contribution >= 4 is 38.6 Å². The minimum atomic E-state index is -3.65. The maximum absolute atomic E-state index is 12.5. The Morgan fingerprint density at radius 2 is 2.15 bits per heavy atom. The first-order valence-electron chi connectivity index (χ1n) is 5.73. The van der Waals surface area contributed by atoms with Gasteiger partial charge in [0.15, 0.2) is 0 Å². The van der Waals surface area contributed by atoms with Crippen LogP contribution in [0, 0.1) is 6.92 Å². The van der Waals surface area contributed by atoms with E-state index in [1.165, 1.54) is 40.9 Å². The summed E-state index contributed by atoms with van der Waals surface area (Å²) in [4.78, 5) is 5.05. The van der Waals surface area contributed by atoms with Crippen LogP contribution in [0.3, 0.4) is 0 Å². The van der Waals surface area contributed by atoms with Crippen LogP contribution < -0.4 is 5.73 Å². The van der Waals surface area contributed by atoms with Gasteiger partial charge in [0.2, 0.25) is 10.0 Å². The van der Waals surface area contributed by atoms with Crippen molar-refractivity contribution in [2.75, 3.05) is 12.8 Å². The van der Waals surface area contributed by atoms with Crippen LogP contribution in [0.15, 0.2) is 29.3 Å². The number of thiazole rings is 1. The fourth-order valence-electron chi connectivity index (χ4n) is 1.70. The molecule has 108 valence electrons. The molecular weight excluding hydrogens is 318 g/mol. The molecule has 0 amide bonds. The van der Waals surface area contributed by atoms with Crippen molar-refractivity contribution in [2.24, 2.45) is 0 Å². The number of benzene rings is 1. The second-order valence-corrected chi connectivity index (χ2v) is 8.06. The summed E-state index contributed by atoms with van der Waals surface area (Å²) in [5, 5.41) is 1.30. The number of nitrogens with zero attached hydrogens (tertiary/aromatic N) is 2. The summed E-state index contributed by atoms with van der Waals surface area (Å²) >= 11 is 7.25. The fraction of sp³-hybridized carbons (Fsp3) is 0.250. The van der Waals surface area contributed by atoms with Gasteiger partial charge in [-0.1, -0.05) is 11.6 Å². The maximum Gasteiger partial charge on any atom is 0.245 e. The van der Waals surface area contributed by atoms with Crippen molar-refractivity contribution in [3.63, 3.8) is 0 Å². The number of hydrogen-bond acceptors (Lipinski definition) is 5. The van der Waals surface area contributed by atoms with Gasteiger partial charge in [0.1, 0.15) is 4.90 Å². The fourth-order valence-corrected chi connectivity index (χ4v) is 4.06. The molecular formula is C12H14ClN3O2S2. The van der Waals surface area contributed by atoms with Gasteiger partial charge in [-0.15, -0.1) is 11.3 Å². The Labute approximate surface area is 127 Å². The summed E-state index contributed by atoms with van der Waals surface area (Å²) in [6, 6.07) is 4.36. The molecule has 2 rings (SSSR count). The second kappa shape index (κ2) is 5.69. The molecule has 0 aliphatic carbocycles. The standard InChI is InChI=1S/C12H14ClN3O2S2/c1-8-15-6-10(19-8)7-16(2)20(17,18)12-4-3-9(13)5-11(12)14/h3-6H,7,14H2,1-2H3.